The lowest BCUT2D eigenvalue weighted by molar-refractivity contribution is -0.870. The Morgan fingerprint density at radius 2 is 0.684 bits per heavy atom. The molecule has 0 saturated carbocycles. The maximum Gasteiger partial charge on any atom is 0.361 e. The molecule has 0 fully saturated rings. The van der Waals surface area contributed by atoms with Gasteiger partial charge in [0.15, 0.2) is 6.10 Å². The van der Waals surface area contributed by atoms with Crippen molar-refractivity contribution in [1.29, 1.82) is 0 Å². The first kappa shape index (κ1) is 74.2. The Morgan fingerprint density at radius 1 is 0.380 bits per heavy atom. The van der Waals surface area contributed by atoms with Gasteiger partial charge in [0.05, 0.1) is 34.4 Å². The van der Waals surface area contributed by atoms with E-state index in [0.717, 1.165) is 122 Å². The largest absolute Gasteiger partial charge is 0.477 e. The Hall–Kier alpha value is -4.83. The van der Waals surface area contributed by atoms with Gasteiger partial charge < -0.3 is 28.5 Å². The van der Waals surface area contributed by atoms with Gasteiger partial charge in [-0.2, -0.15) is 0 Å². The molecule has 9 heteroatoms. The van der Waals surface area contributed by atoms with Gasteiger partial charge in [0, 0.05) is 12.8 Å². The minimum Gasteiger partial charge on any atom is -0.477 e. The zero-order valence-electron chi connectivity index (χ0n) is 50.7. The smallest absolute Gasteiger partial charge is 0.361 e. The van der Waals surface area contributed by atoms with Crippen LogP contribution in [0.1, 0.15) is 219 Å². The average Bonchev–Trinajstić information content (AvgIpc) is 3.42. The fourth-order valence-electron chi connectivity index (χ4n) is 7.90. The lowest BCUT2D eigenvalue weighted by Crippen LogP contribution is -2.40. The molecule has 0 aliphatic heterocycles. The van der Waals surface area contributed by atoms with Crippen LogP contribution in [-0.2, 0) is 33.3 Å². The molecule has 446 valence electrons. The van der Waals surface area contributed by atoms with Crippen LogP contribution < -0.4 is 0 Å². The Morgan fingerprint density at radius 3 is 1.01 bits per heavy atom. The predicted octanol–water partition coefficient (Wildman–Crippen LogP) is 18.8. The topological polar surface area (TPSA) is 108 Å². The van der Waals surface area contributed by atoms with Crippen LogP contribution in [0.4, 0.5) is 0 Å². The third-order valence-corrected chi connectivity index (χ3v) is 12.6. The summed E-state index contributed by atoms with van der Waals surface area (Å²) >= 11 is 0. The molecule has 0 aromatic heterocycles. The molecule has 1 N–H and O–H groups in total. The van der Waals surface area contributed by atoms with E-state index >= 15 is 0 Å². The average molecular weight is 1100 g/mol. The fraction of sp³-hybridized carbons (Fsp3) is 0.614. The number of unbranched alkanes of at least 4 members (excludes halogenated alkanes) is 16. The number of carboxylic acids is 1. The van der Waals surface area contributed by atoms with Crippen LogP contribution in [-0.4, -0.2) is 87.4 Å². The Labute approximate surface area is 483 Å². The number of ether oxygens (including phenoxy) is 4. The van der Waals surface area contributed by atoms with Crippen LogP contribution in [0.3, 0.4) is 0 Å². The standard InChI is InChI=1S/C70H113NO8/c1-6-8-10-12-14-16-18-20-22-24-25-26-27-28-29-30-31-32-33-34-35-36-37-38-39-40-41-42-43-45-47-49-51-53-55-57-59-61-68(73)79-66(65-78-70(69(74)75)76-63-62-71(3,4)5)64-77-67(72)60-58-56-54-52-50-48-46-44-23-21-19-17-15-13-11-9-7-2/h8-11,14-17,20-23,25-26,28-29,31-32,34-35,37-38,46,48,66,70H,6-7,12-13,18-19,24,27,30,33,36,39-45,47,49-65H2,1-5H3/p+1/b10-8-,11-9-,16-14-,17-15-,22-20-,23-21-,26-25-,29-28-,32-31-,35-34-,38-37-,48-46-. The zero-order chi connectivity index (χ0) is 57.6. The number of likely N-dealkylation sites (N-methyl/N-ethyl adjacent to an activating group) is 1. The number of hydrogen-bond donors (Lipinski definition) is 1. The quantitative estimate of drug-likeness (QED) is 0.0211. The van der Waals surface area contributed by atoms with Gasteiger partial charge in [0.2, 0.25) is 0 Å². The normalized spacial score (nSPS) is 13.8. The molecular formula is C70H114NO8+. The summed E-state index contributed by atoms with van der Waals surface area (Å²) in [6, 6.07) is 0. The first-order valence-electron chi connectivity index (χ1n) is 31.0. The Bertz CT molecular complexity index is 1800. The minimum atomic E-state index is -1.53. The van der Waals surface area contributed by atoms with Crippen molar-refractivity contribution in [3.05, 3.63) is 146 Å². The van der Waals surface area contributed by atoms with E-state index in [4.69, 9.17) is 18.9 Å². The van der Waals surface area contributed by atoms with E-state index in [1.165, 1.54) is 57.8 Å². The highest BCUT2D eigenvalue weighted by Crippen LogP contribution is 2.15. The molecule has 9 nitrogen and oxygen atoms in total. The lowest BCUT2D eigenvalue weighted by Gasteiger charge is -2.25. The summed E-state index contributed by atoms with van der Waals surface area (Å²) in [6.45, 7) is 4.60. The van der Waals surface area contributed by atoms with Crippen molar-refractivity contribution >= 4 is 17.9 Å². The third kappa shape index (κ3) is 60.7. The molecule has 0 spiro atoms. The van der Waals surface area contributed by atoms with Gasteiger partial charge in [0.1, 0.15) is 13.2 Å². The summed E-state index contributed by atoms with van der Waals surface area (Å²) < 4.78 is 22.9. The van der Waals surface area contributed by atoms with Crippen molar-refractivity contribution in [2.24, 2.45) is 0 Å². The molecule has 0 amide bonds. The van der Waals surface area contributed by atoms with Crippen LogP contribution in [0.15, 0.2) is 146 Å². The monoisotopic (exact) mass is 1100 g/mol. The van der Waals surface area contributed by atoms with Crippen molar-refractivity contribution in [1.82, 2.24) is 0 Å². The summed E-state index contributed by atoms with van der Waals surface area (Å²) in [7, 11) is 5.95. The number of nitrogens with zero attached hydrogens (tertiary/aromatic N) is 1. The lowest BCUT2D eigenvalue weighted by atomic mass is 10.0. The van der Waals surface area contributed by atoms with Crippen molar-refractivity contribution in [2.45, 2.75) is 232 Å². The van der Waals surface area contributed by atoms with Crippen LogP contribution in [0, 0.1) is 0 Å². The number of esters is 2. The van der Waals surface area contributed by atoms with Gasteiger partial charge in [-0.1, -0.05) is 237 Å². The molecule has 0 aliphatic rings. The third-order valence-electron chi connectivity index (χ3n) is 12.6. The van der Waals surface area contributed by atoms with Crippen molar-refractivity contribution in [3.8, 4) is 0 Å². The molecule has 0 rings (SSSR count). The van der Waals surface area contributed by atoms with E-state index in [1.807, 2.05) is 21.1 Å². The predicted molar refractivity (Wildman–Crippen MR) is 336 cm³/mol. The van der Waals surface area contributed by atoms with Crippen molar-refractivity contribution < 1.29 is 42.9 Å². The maximum atomic E-state index is 12.9. The van der Waals surface area contributed by atoms with Crippen molar-refractivity contribution in [3.63, 3.8) is 0 Å². The molecule has 2 unspecified atom stereocenters. The molecule has 0 saturated heterocycles. The SMILES string of the molecule is CC/C=C\C/C=C\C/C=C\C/C=C\C/C=C\C/C=C\C/C=C\C/C=C\CCCCCCCCCCCCCCC(=O)OC(COC(=O)CCCCCC/C=C\C/C=C\C/C=C\C/C=C\CC)COC(OCC[N+](C)(C)C)C(=O)O. The molecule has 79 heavy (non-hydrogen) atoms. The van der Waals surface area contributed by atoms with E-state index in [1.54, 1.807) is 0 Å². The first-order valence-corrected chi connectivity index (χ1v) is 31.0. The van der Waals surface area contributed by atoms with Gasteiger partial charge in [-0.3, -0.25) is 9.59 Å². The van der Waals surface area contributed by atoms with Crippen molar-refractivity contribution in [2.75, 3.05) is 47.5 Å². The van der Waals surface area contributed by atoms with Gasteiger partial charge in [-0.15, -0.1) is 0 Å². The number of carboxylic acid groups (broad SMARTS) is 1. The number of carbonyl (C=O) groups excluding carboxylic acids is 2. The number of carbonyl (C=O) groups is 3. The van der Waals surface area contributed by atoms with Gasteiger partial charge in [-0.25, -0.2) is 4.79 Å². The molecule has 0 heterocycles. The van der Waals surface area contributed by atoms with Crippen LogP contribution in [0.5, 0.6) is 0 Å². The second-order valence-corrected chi connectivity index (χ2v) is 21.2. The van der Waals surface area contributed by atoms with E-state index in [-0.39, 0.29) is 38.6 Å². The molecule has 0 bridgehead atoms. The molecule has 0 aromatic rings. The summed E-state index contributed by atoms with van der Waals surface area (Å²) in [6.07, 6.45) is 83.7. The van der Waals surface area contributed by atoms with E-state index in [9.17, 15) is 19.5 Å². The highest BCUT2D eigenvalue weighted by Gasteiger charge is 2.25. The van der Waals surface area contributed by atoms with Crippen LogP contribution in [0.25, 0.3) is 0 Å². The number of rotatable bonds is 55. The Kier molecular flexibility index (Phi) is 55.7. The zero-order valence-corrected chi connectivity index (χ0v) is 50.7. The van der Waals surface area contributed by atoms with E-state index < -0.39 is 24.3 Å². The van der Waals surface area contributed by atoms with Gasteiger partial charge in [-0.05, 0) is 116 Å². The second-order valence-electron chi connectivity index (χ2n) is 21.2. The van der Waals surface area contributed by atoms with Gasteiger partial charge >= 0.3 is 17.9 Å². The molecule has 2 atom stereocenters. The fourth-order valence-corrected chi connectivity index (χ4v) is 7.90. The molecular weight excluding hydrogens is 983 g/mol. The highest BCUT2D eigenvalue weighted by atomic mass is 16.7. The first-order chi connectivity index (χ1) is 38.6. The number of allylic oxidation sites excluding steroid dienone is 24. The minimum absolute atomic E-state index is 0.176. The summed E-state index contributed by atoms with van der Waals surface area (Å²) in [5, 5.41) is 9.71. The molecule has 0 aliphatic carbocycles. The maximum absolute atomic E-state index is 12.9. The Balaban J connectivity index is 4.19. The number of hydrogen-bond acceptors (Lipinski definition) is 7. The summed E-state index contributed by atoms with van der Waals surface area (Å²) in [5.74, 6) is -2.05. The van der Waals surface area contributed by atoms with E-state index in [2.05, 4.69) is 160 Å². The van der Waals surface area contributed by atoms with Gasteiger partial charge in [0.25, 0.3) is 6.29 Å². The van der Waals surface area contributed by atoms with Crippen LogP contribution in [0.2, 0.25) is 0 Å². The number of aliphatic carboxylic acids is 1. The summed E-state index contributed by atoms with van der Waals surface area (Å²) in [4.78, 5) is 37.4. The number of quaternary nitrogens is 1. The second kappa shape index (κ2) is 59.3. The molecule has 0 radical (unpaired) electrons. The highest BCUT2D eigenvalue weighted by molar-refractivity contribution is 5.71. The van der Waals surface area contributed by atoms with Crippen LogP contribution >= 0.6 is 0 Å². The molecule has 0 aromatic carbocycles. The summed E-state index contributed by atoms with van der Waals surface area (Å²) in [5.41, 5.74) is 0. The van der Waals surface area contributed by atoms with E-state index in [0.29, 0.717) is 23.9 Å².